The van der Waals surface area contributed by atoms with Crippen LogP contribution in [0.3, 0.4) is 0 Å². The molecule has 1 aromatic carbocycles. The number of hydrogen-bond donors (Lipinski definition) is 3. The van der Waals surface area contributed by atoms with Crippen LogP contribution >= 0.6 is 0 Å². The van der Waals surface area contributed by atoms with Crippen molar-refractivity contribution in [3.05, 3.63) is 35.9 Å². The van der Waals surface area contributed by atoms with E-state index in [0.29, 0.717) is 13.0 Å². The lowest BCUT2D eigenvalue weighted by atomic mass is 10.1. The zero-order valence-corrected chi connectivity index (χ0v) is 9.98. The van der Waals surface area contributed by atoms with Crippen molar-refractivity contribution in [2.45, 2.75) is 37.6 Å². The summed E-state index contributed by atoms with van der Waals surface area (Å²) in [6, 6.07) is 9.62. The molecule has 4 atom stereocenters. The van der Waals surface area contributed by atoms with Gasteiger partial charge in [-0.2, -0.15) is 0 Å². The second-order valence-corrected chi connectivity index (χ2v) is 4.38. The van der Waals surface area contributed by atoms with E-state index in [2.05, 4.69) is 0 Å². The fraction of sp³-hybridized carbons (Fsp3) is 0.538. The lowest BCUT2D eigenvalue weighted by molar-refractivity contribution is -0.142. The summed E-state index contributed by atoms with van der Waals surface area (Å²) in [4.78, 5) is 0. The summed E-state index contributed by atoms with van der Waals surface area (Å²) in [5.74, 6) is 0. The van der Waals surface area contributed by atoms with E-state index in [9.17, 15) is 10.2 Å². The molecule has 0 bridgehead atoms. The maximum Gasteiger partial charge on any atom is 0.157 e. The van der Waals surface area contributed by atoms with Gasteiger partial charge in [-0.15, -0.1) is 0 Å². The Hall–Kier alpha value is -0.980. The van der Waals surface area contributed by atoms with Gasteiger partial charge >= 0.3 is 0 Å². The number of hydrogen-bond acceptors (Lipinski definition) is 5. The molecule has 0 aliphatic carbocycles. The molecule has 0 aromatic heterocycles. The van der Waals surface area contributed by atoms with Crippen molar-refractivity contribution in [2.75, 3.05) is 6.61 Å². The summed E-state index contributed by atoms with van der Waals surface area (Å²) >= 11 is 0. The van der Waals surface area contributed by atoms with E-state index in [1.165, 1.54) is 0 Å². The van der Waals surface area contributed by atoms with Gasteiger partial charge in [0.2, 0.25) is 0 Å². The molecular formula is C13H18O5. The Morgan fingerprint density at radius 1 is 1.33 bits per heavy atom. The van der Waals surface area contributed by atoms with E-state index in [0.717, 1.165) is 5.56 Å². The number of rotatable bonds is 5. The Morgan fingerprint density at radius 3 is 2.72 bits per heavy atom. The Morgan fingerprint density at radius 2 is 2.06 bits per heavy atom. The van der Waals surface area contributed by atoms with Gasteiger partial charge in [-0.1, -0.05) is 30.3 Å². The van der Waals surface area contributed by atoms with Crippen LogP contribution < -0.4 is 0 Å². The molecule has 1 fully saturated rings. The summed E-state index contributed by atoms with van der Waals surface area (Å²) in [6.07, 6.45) is -2.79. The van der Waals surface area contributed by atoms with Gasteiger partial charge in [-0.25, -0.2) is 0 Å². The Bertz CT molecular complexity index is 356. The van der Waals surface area contributed by atoms with E-state index in [1.54, 1.807) is 0 Å². The van der Waals surface area contributed by atoms with E-state index < -0.39 is 31.2 Å². The third-order valence-corrected chi connectivity index (χ3v) is 2.99. The van der Waals surface area contributed by atoms with Crippen molar-refractivity contribution < 1.29 is 24.8 Å². The first kappa shape index (κ1) is 13.5. The summed E-state index contributed by atoms with van der Waals surface area (Å²) in [6.45, 7) is -0.0289. The van der Waals surface area contributed by atoms with Gasteiger partial charge < -0.3 is 24.8 Å². The van der Waals surface area contributed by atoms with Gasteiger partial charge in [-0.05, 0) is 5.56 Å². The smallest absolute Gasteiger partial charge is 0.157 e. The van der Waals surface area contributed by atoms with Crippen molar-refractivity contribution in [3.63, 3.8) is 0 Å². The summed E-state index contributed by atoms with van der Waals surface area (Å²) in [5.41, 5.74) is 1.01. The molecule has 0 radical (unpaired) electrons. The average molecular weight is 254 g/mol. The van der Waals surface area contributed by atoms with E-state index in [4.69, 9.17) is 14.6 Å². The normalized spacial score (nSPS) is 29.4. The van der Waals surface area contributed by atoms with Gasteiger partial charge in [0.15, 0.2) is 6.29 Å². The summed E-state index contributed by atoms with van der Waals surface area (Å²) in [5, 5.41) is 27.9. The Kier molecular flexibility index (Phi) is 4.68. The highest BCUT2D eigenvalue weighted by molar-refractivity contribution is 5.13. The minimum atomic E-state index is -1.04. The predicted molar refractivity (Wildman–Crippen MR) is 63.6 cm³/mol. The molecule has 2 rings (SSSR count). The second kappa shape index (κ2) is 6.26. The van der Waals surface area contributed by atoms with Crippen LogP contribution in [-0.2, 0) is 16.1 Å². The fourth-order valence-corrected chi connectivity index (χ4v) is 2.04. The maximum absolute atomic E-state index is 9.58. The van der Waals surface area contributed by atoms with Gasteiger partial charge in [-0.3, -0.25) is 0 Å². The molecule has 5 heteroatoms. The molecular weight excluding hydrogens is 236 g/mol. The lowest BCUT2D eigenvalue weighted by Crippen LogP contribution is -2.38. The van der Waals surface area contributed by atoms with E-state index in [-0.39, 0.29) is 0 Å². The molecule has 0 saturated carbocycles. The van der Waals surface area contributed by atoms with Crippen molar-refractivity contribution >= 4 is 0 Å². The number of aliphatic hydroxyl groups is 3. The molecule has 18 heavy (non-hydrogen) atoms. The van der Waals surface area contributed by atoms with Crippen LogP contribution in [0.5, 0.6) is 0 Å². The molecule has 0 spiro atoms. The molecule has 1 aliphatic rings. The number of ether oxygens (including phenoxy) is 2. The van der Waals surface area contributed by atoms with Crippen LogP contribution in [0.25, 0.3) is 0 Å². The van der Waals surface area contributed by atoms with Gasteiger partial charge in [0.05, 0.1) is 19.3 Å². The van der Waals surface area contributed by atoms with Crippen molar-refractivity contribution in [2.24, 2.45) is 0 Å². The minimum Gasteiger partial charge on any atom is -0.394 e. The van der Waals surface area contributed by atoms with Crippen LogP contribution in [0.4, 0.5) is 0 Å². The first-order valence-corrected chi connectivity index (χ1v) is 5.98. The van der Waals surface area contributed by atoms with Crippen LogP contribution in [-0.4, -0.2) is 46.5 Å². The van der Waals surface area contributed by atoms with Crippen LogP contribution in [0.2, 0.25) is 0 Å². The zero-order valence-electron chi connectivity index (χ0n) is 9.98. The van der Waals surface area contributed by atoms with Crippen molar-refractivity contribution in [1.29, 1.82) is 0 Å². The summed E-state index contributed by atoms with van der Waals surface area (Å²) < 4.78 is 10.8. The highest BCUT2D eigenvalue weighted by Crippen LogP contribution is 2.25. The monoisotopic (exact) mass is 254 g/mol. The molecule has 0 unspecified atom stereocenters. The van der Waals surface area contributed by atoms with E-state index in [1.807, 2.05) is 30.3 Å². The molecule has 1 aromatic rings. The highest BCUT2D eigenvalue weighted by atomic mass is 16.6. The van der Waals surface area contributed by atoms with Gasteiger partial charge in [0.25, 0.3) is 0 Å². The fourth-order valence-electron chi connectivity index (χ4n) is 2.04. The Balaban J connectivity index is 1.91. The third kappa shape index (κ3) is 3.28. The number of benzene rings is 1. The standard InChI is InChI=1S/C13H18O5/c14-7-10(15)13-11(6-12(16)18-13)17-8-9-4-2-1-3-5-9/h1-5,10-16H,6-8H2/t10-,11-,12+,13-/m1/s1. The predicted octanol–water partition coefficient (Wildman–Crippen LogP) is 0.0323. The quantitative estimate of drug-likeness (QED) is 0.691. The highest BCUT2D eigenvalue weighted by Gasteiger charge is 2.39. The molecule has 3 N–H and O–H groups in total. The van der Waals surface area contributed by atoms with Gasteiger partial charge in [0, 0.05) is 6.42 Å². The molecule has 1 saturated heterocycles. The minimum absolute atomic E-state index is 0.300. The van der Waals surface area contributed by atoms with Gasteiger partial charge in [0.1, 0.15) is 12.2 Å². The second-order valence-electron chi connectivity index (χ2n) is 4.38. The number of aliphatic hydroxyl groups excluding tert-OH is 3. The van der Waals surface area contributed by atoms with Crippen LogP contribution in [0.1, 0.15) is 12.0 Å². The average Bonchev–Trinajstić information content (AvgIpc) is 2.78. The van der Waals surface area contributed by atoms with Crippen molar-refractivity contribution in [3.8, 4) is 0 Å². The Labute approximate surface area is 106 Å². The molecule has 100 valence electrons. The topological polar surface area (TPSA) is 79.2 Å². The SMILES string of the molecule is OC[C@@H](O)[C@H]1O[C@H](O)C[C@H]1OCc1ccccc1. The first-order chi connectivity index (χ1) is 8.70. The van der Waals surface area contributed by atoms with Crippen LogP contribution in [0, 0.1) is 0 Å². The van der Waals surface area contributed by atoms with E-state index >= 15 is 0 Å². The molecule has 1 aliphatic heterocycles. The van der Waals surface area contributed by atoms with Crippen LogP contribution in [0.15, 0.2) is 30.3 Å². The maximum atomic E-state index is 9.58. The van der Waals surface area contributed by atoms with Crippen molar-refractivity contribution in [1.82, 2.24) is 0 Å². The third-order valence-electron chi connectivity index (χ3n) is 2.99. The largest absolute Gasteiger partial charge is 0.394 e. The first-order valence-electron chi connectivity index (χ1n) is 5.98. The molecule has 5 nitrogen and oxygen atoms in total. The molecule has 1 heterocycles. The zero-order chi connectivity index (χ0) is 13.0. The lowest BCUT2D eigenvalue weighted by Gasteiger charge is -2.22. The molecule has 0 amide bonds. The summed E-state index contributed by atoms with van der Waals surface area (Å²) in [7, 11) is 0.